The molecule has 0 rings (SSSR count). The lowest BCUT2D eigenvalue weighted by molar-refractivity contribution is 0.209. The third-order valence-electron chi connectivity index (χ3n) is 1.71. The van der Waals surface area contributed by atoms with E-state index in [0.29, 0.717) is 11.0 Å². The van der Waals surface area contributed by atoms with Crippen molar-refractivity contribution in [2.45, 2.75) is 26.7 Å². The van der Waals surface area contributed by atoms with Crippen LogP contribution in [0.4, 0.5) is 0 Å². The van der Waals surface area contributed by atoms with Crippen LogP contribution in [-0.2, 0) is 4.74 Å². The Morgan fingerprint density at radius 1 is 1.23 bits per heavy atom. The van der Waals surface area contributed by atoms with Gasteiger partial charge in [0.15, 0.2) is 0 Å². The van der Waals surface area contributed by atoms with Crippen LogP contribution in [0.15, 0.2) is 0 Å². The van der Waals surface area contributed by atoms with Crippen LogP contribution < -0.4 is 0 Å². The van der Waals surface area contributed by atoms with Gasteiger partial charge >= 0.3 is 0 Å². The summed E-state index contributed by atoms with van der Waals surface area (Å²) in [6.07, 6.45) is 2.37. The Labute approximate surface area is 92.0 Å². The van der Waals surface area contributed by atoms with E-state index in [4.69, 9.17) is 17.0 Å². The third kappa shape index (κ3) is 8.53. The number of hydrogen-bond donors (Lipinski definition) is 1. The van der Waals surface area contributed by atoms with Gasteiger partial charge in [-0.2, -0.15) is 0 Å². The maximum absolute atomic E-state index is 5.12. The highest BCUT2D eigenvalue weighted by Gasteiger charge is 2.01. The van der Waals surface area contributed by atoms with E-state index in [-0.39, 0.29) is 0 Å². The molecule has 0 aliphatic rings. The second-order valence-electron chi connectivity index (χ2n) is 2.96. The molecule has 0 spiro atoms. The molecule has 13 heavy (non-hydrogen) atoms. The van der Waals surface area contributed by atoms with Gasteiger partial charge in [-0.1, -0.05) is 26.5 Å². The van der Waals surface area contributed by atoms with Gasteiger partial charge in [-0.25, -0.2) is 0 Å². The number of nitrogens with zero attached hydrogens (tertiary/aromatic N) is 1. The summed E-state index contributed by atoms with van der Waals surface area (Å²) in [7, 11) is 0. The normalized spacial score (nSPS) is 10.5. The van der Waals surface area contributed by atoms with E-state index < -0.39 is 0 Å². The summed E-state index contributed by atoms with van der Waals surface area (Å²) in [5.74, 6) is 0. The highest BCUT2D eigenvalue weighted by Crippen LogP contribution is 1.95. The van der Waals surface area contributed by atoms with E-state index in [9.17, 15) is 0 Å². The lowest BCUT2D eigenvalue weighted by Crippen LogP contribution is -2.29. The summed E-state index contributed by atoms with van der Waals surface area (Å²) in [6, 6.07) is 0. The predicted octanol–water partition coefficient (Wildman–Crippen LogP) is 2.34. The first-order chi connectivity index (χ1) is 6.20. The van der Waals surface area contributed by atoms with Crippen LogP contribution in [0.3, 0.4) is 0 Å². The average Bonchev–Trinajstić information content (AvgIpc) is 2.04. The minimum Gasteiger partial charge on any atom is -0.477 e. The number of rotatable bonds is 7. The quantitative estimate of drug-likeness (QED) is 0.524. The fraction of sp³-hybridized carbons (Fsp3) is 0.889. The van der Waals surface area contributed by atoms with Gasteiger partial charge in [-0.05, 0) is 38.1 Å². The Morgan fingerprint density at radius 3 is 2.15 bits per heavy atom. The molecule has 78 valence electrons. The zero-order valence-corrected chi connectivity index (χ0v) is 10.2. The molecular weight excluding hydrogens is 202 g/mol. The van der Waals surface area contributed by atoms with Crippen molar-refractivity contribution in [2.24, 2.45) is 0 Å². The highest BCUT2D eigenvalue weighted by atomic mass is 32.1. The summed E-state index contributed by atoms with van der Waals surface area (Å²) < 4.78 is 5.46. The molecule has 0 heterocycles. The minimum absolute atomic E-state index is 0.341. The second kappa shape index (κ2) is 8.78. The Morgan fingerprint density at radius 2 is 1.77 bits per heavy atom. The summed E-state index contributed by atoms with van der Waals surface area (Å²) >= 11 is 8.60. The first-order valence-electron chi connectivity index (χ1n) is 4.78. The molecule has 0 N–H and O–H groups in total. The second-order valence-corrected chi connectivity index (χ2v) is 4.04. The number of thiol groups is 1. The molecule has 0 radical (unpaired) electrons. The topological polar surface area (TPSA) is 12.5 Å². The van der Waals surface area contributed by atoms with E-state index >= 15 is 0 Å². The van der Waals surface area contributed by atoms with Crippen molar-refractivity contribution >= 4 is 29.2 Å². The number of ether oxygens (including phenoxy) is 1. The van der Waals surface area contributed by atoms with Gasteiger partial charge in [0.1, 0.15) is 6.61 Å². The molecule has 0 aliphatic carbocycles. The third-order valence-corrected chi connectivity index (χ3v) is 1.96. The smallest absolute Gasteiger partial charge is 0.216 e. The molecule has 0 fully saturated rings. The Balaban J connectivity index is 3.49. The van der Waals surface area contributed by atoms with Crippen molar-refractivity contribution in [3.05, 3.63) is 0 Å². The maximum Gasteiger partial charge on any atom is 0.216 e. The molecule has 0 atom stereocenters. The molecule has 0 aromatic rings. The van der Waals surface area contributed by atoms with Gasteiger partial charge in [-0.15, -0.1) is 0 Å². The van der Waals surface area contributed by atoms with Crippen molar-refractivity contribution in [2.75, 3.05) is 26.2 Å². The molecule has 0 saturated heterocycles. The molecular formula is C9H19NOS2. The van der Waals surface area contributed by atoms with Crippen LogP contribution in [0.5, 0.6) is 0 Å². The molecule has 0 aromatic heterocycles. The highest BCUT2D eigenvalue weighted by molar-refractivity contribution is 8.10. The van der Waals surface area contributed by atoms with Crippen molar-refractivity contribution in [3.8, 4) is 0 Å². The summed E-state index contributed by atoms with van der Waals surface area (Å²) in [5.41, 5.74) is 0. The van der Waals surface area contributed by atoms with Crippen molar-refractivity contribution < 1.29 is 4.74 Å². The van der Waals surface area contributed by atoms with E-state index in [2.05, 4.69) is 31.4 Å². The largest absolute Gasteiger partial charge is 0.477 e. The average molecular weight is 221 g/mol. The lowest BCUT2D eigenvalue weighted by atomic mass is 10.3. The molecule has 0 unspecified atom stereocenters. The zero-order chi connectivity index (χ0) is 10.1. The maximum atomic E-state index is 5.12. The van der Waals surface area contributed by atoms with Crippen molar-refractivity contribution in [1.82, 2.24) is 4.90 Å². The lowest BCUT2D eigenvalue weighted by Gasteiger charge is -2.20. The molecule has 2 nitrogen and oxygen atoms in total. The minimum atomic E-state index is 0.341. The van der Waals surface area contributed by atoms with Crippen LogP contribution >= 0.6 is 24.8 Å². The van der Waals surface area contributed by atoms with E-state index in [1.54, 1.807) is 0 Å². The van der Waals surface area contributed by atoms with Crippen molar-refractivity contribution in [3.63, 3.8) is 0 Å². The van der Waals surface area contributed by atoms with Gasteiger partial charge in [0.25, 0.3) is 0 Å². The van der Waals surface area contributed by atoms with Crippen LogP contribution in [0.25, 0.3) is 0 Å². The van der Waals surface area contributed by atoms with Gasteiger partial charge in [0.2, 0.25) is 4.38 Å². The van der Waals surface area contributed by atoms with Gasteiger partial charge in [0.05, 0.1) is 0 Å². The summed E-state index contributed by atoms with van der Waals surface area (Å²) in [6.45, 7) is 8.25. The van der Waals surface area contributed by atoms with Crippen molar-refractivity contribution in [1.29, 1.82) is 0 Å². The molecule has 0 aliphatic heterocycles. The van der Waals surface area contributed by atoms with Crippen LogP contribution in [-0.4, -0.2) is 35.5 Å². The standard InChI is InChI=1S/C9H19NOS2/c1-3-5-10(6-4-2)7-8-11-9(12)13/h3-8H2,1-2H3,(H,12,13). The van der Waals surface area contributed by atoms with E-state index in [1.165, 1.54) is 12.8 Å². The monoisotopic (exact) mass is 221 g/mol. The summed E-state index contributed by atoms with van der Waals surface area (Å²) in [5, 5.41) is 0. The molecule has 0 bridgehead atoms. The number of thiocarbonyl (C=S) groups is 1. The molecule has 4 heteroatoms. The Hall–Kier alpha value is 0.200. The Kier molecular flexibility index (Phi) is 8.92. The summed E-state index contributed by atoms with van der Waals surface area (Å²) in [4.78, 5) is 2.38. The number of hydrogen-bond acceptors (Lipinski definition) is 3. The first kappa shape index (κ1) is 13.2. The van der Waals surface area contributed by atoms with E-state index in [1.807, 2.05) is 0 Å². The fourth-order valence-corrected chi connectivity index (χ4v) is 1.40. The van der Waals surface area contributed by atoms with Crippen LogP contribution in [0.1, 0.15) is 26.7 Å². The van der Waals surface area contributed by atoms with Gasteiger partial charge in [-0.3, -0.25) is 4.90 Å². The van der Waals surface area contributed by atoms with Crippen LogP contribution in [0, 0.1) is 0 Å². The Bertz CT molecular complexity index is 136. The molecule has 0 amide bonds. The first-order valence-corrected chi connectivity index (χ1v) is 5.64. The van der Waals surface area contributed by atoms with Gasteiger partial charge in [0, 0.05) is 6.54 Å². The zero-order valence-electron chi connectivity index (χ0n) is 8.45. The van der Waals surface area contributed by atoms with E-state index in [0.717, 1.165) is 19.6 Å². The fourth-order valence-electron chi connectivity index (χ4n) is 1.23. The molecule has 0 saturated carbocycles. The SMILES string of the molecule is CCCN(CCC)CCOC(=S)S. The van der Waals surface area contributed by atoms with Crippen LogP contribution in [0.2, 0.25) is 0 Å². The van der Waals surface area contributed by atoms with Gasteiger partial charge < -0.3 is 4.74 Å². The predicted molar refractivity (Wildman–Crippen MR) is 64.6 cm³/mol. The molecule has 0 aromatic carbocycles.